The molecule has 0 saturated carbocycles. The zero-order valence-corrected chi connectivity index (χ0v) is 13.0. The van der Waals surface area contributed by atoms with Gasteiger partial charge < -0.3 is 10.1 Å². The van der Waals surface area contributed by atoms with E-state index in [1.165, 1.54) is 0 Å². The van der Waals surface area contributed by atoms with Crippen molar-refractivity contribution < 1.29 is 9.53 Å². The van der Waals surface area contributed by atoms with E-state index in [1.807, 2.05) is 18.3 Å². The lowest BCUT2D eigenvalue weighted by Gasteiger charge is -2.40. The molecule has 0 atom stereocenters. The van der Waals surface area contributed by atoms with Crippen LogP contribution < -0.4 is 5.32 Å². The van der Waals surface area contributed by atoms with Gasteiger partial charge in [0, 0.05) is 44.0 Å². The number of amides is 1. The van der Waals surface area contributed by atoms with Gasteiger partial charge >= 0.3 is 0 Å². The first-order chi connectivity index (χ1) is 10.1. The summed E-state index contributed by atoms with van der Waals surface area (Å²) in [6.07, 6.45) is 4.79. The molecule has 1 aliphatic rings. The summed E-state index contributed by atoms with van der Waals surface area (Å²) >= 11 is 0. The van der Waals surface area contributed by atoms with E-state index in [9.17, 15) is 4.79 Å². The number of carbonyl (C=O) groups is 1. The fraction of sp³-hybridized carbons (Fsp3) is 0.625. The Labute approximate surface area is 126 Å². The van der Waals surface area contributed by atoms with E-state index in [2.05, 4.69) is 29.0 Å². The van der Waals surface area contributed by atoms with Crippen LogP contribution in [0, 0.1) is 0 Å². The Balaban J connectivity index is 1.72. The van der Waals surface area contributed by atoms with Crippen molar-refractivity contribution in [3.63, 3.8) is 0 Å². The van der Waals surface area contributed by atoms with Crippen LogP contribution in [-0.4, -0.2) is 54.2 Å². The average molecular weight is 291 g/mol. The molecular formula is C16H25N3O2. The van der Waals surface area contributed by atoms with Gasteiger partial charge in [0.05, 0.1) is 13.2 Å². The van der Waals surface area contributed by atoms with Crippen LogP contribution in [0.1, 0.15) is 25.8 Å². The quantitative estimate of drug-likeness (QED) is 0.857. The topological polar surface area (TPSA) is 54.5 Å². The number of hydrogen-bond donors (Lipinski definition) is 1. The van der Waals surface area contributed by atoms with Gasteiger partial charge in [-0.05, 0) is 31.9 Å². The van der Waals surface area contributed by atoms with E-state index in [0.717, 1.165) is 38.3 Å². The predicted octanol–water partition coefficient (Wildman–Crippen LogP) is 1.24. The maximum atomic E-state index is 12.0. The first-order valence-corrected chi connectivity index (χ1v) is 7.56. The molecule has 1 amide bonds. The van der Waals surface area contributed by atoms with Crippen molar-refractivity contribution in [2.24, 2.45) is 0 Å². The molecule has 1 aromatic heterocycles. The molecule has 0 radical (unpaired) electrons. The Morgan fingerprint density at radius 1 is 1.43 bits per heavy atom. The second kappa shape index (κ2) is 7.52. The highest BCUT2D eigenvalue weighted by Crippen LogP contribution is 2.15. The molecule has 0 aliphatic carbocycles. The van der Waals surface area contributed by atoms with E-state index in [1.54, 1.807) is 6.20 Å². The molecule has 21 heavy (non-hydrogen) atoms. The third kappa shape index (κ3) is 5.10. The standard InChI is InChI=1S/C16H25N3O2/c1-16(2,19-8-10-21-11-9-19)13-18-15(20)6-5-14-4-3-7-17-12-14/h3-4,7,12H,5-6,8-11,13H2,1-2H3,(H,18,20). The zero-order valence-electron chi connectivity index (χ0n) is 13.0. The number of morpholine rings is 1. The Kier molecular flexibility index (Phi) is 5.70. The summed E-state index contributed by atoms with van der Waals surface area (Å²) in [6, 6.07) is 3.90. The lowest BCUT2D eigenvalue weighted by molar-refractivity contribution is -0.121. The molecule has 2 heterocycles. The molecule has 0 aromatic carbocycles. The third-order valence-corrected chi connectivity index (χ3v) is 3.95. The van der Waals surface area contributed by atoms with Crippen molar-refractivity contribution in [3.8, 4) is 0 Å². The average Bonchev–Trinajstić information content (AvgIpc) is 2.53. The van der Waals surface area contributed by atoms with Gasteiger partial charge in [-0.1, -0.05) is 6.07 Å². The highest BCUT2D eigenvalue weighted by Gasteiger charge is 2.28. The predicted molar refractivity (Wildman–Crippen MR) is 82.0 cm³/mol. The number of aryl methyl sites for hydroxylation is 1. The van der Waals surface area contributed by atoms with Crippen LogP contribution in [0.3, 0.4) is 0 Å². The normalized spacial score (nSPS) is 16.7. The lowest BCUT2D eigenvalue weighted by atomic mass is 10.0. The zero-order chi connectivity index (χ0) is 15.1. The van der Waals surface area contributed by atoms with E-state index >= 15 is 0 Å². The number of hydrogen-bond acceptors (Lipinski definition) is 4. The summed E-state index contributed by atoms with van der Waals surface area (Å²) in [5.74, 6) is 0.0974. The summed E-state index contributed by atoms with van der Waals surface area (Å²) in [7, 11) is 0. The van der Waals surface area contributed by atoms with Crippen molar-refractivity contribution in [3.05, 3.63) is 30.1 Å². The first-order valence-electron chi connectivity index (χ1n) is 7.56. The van der Waals surface area contributed by atoms with E-state index < -0.39 is 0 Å². The molecule has 1 aromatic rings. The summed E-state index contributed by atoms with van der Waals surface area (Å²) in [5, 5.41) is 3.05. The maximum Gasteiger partial charge on any atom is 0.220 e. The minimum Gasteiger partial charge on any atom is -0.379 e. The molecule has 1 saturated heterocycles. The highest BCUT2D eigenvalue weighted by molar-refractivity contribution is 5.76. The SMILES string of the molecule is CC(C)(CNC(=O)CCc1cccnc1)N1CCOCC1. The van der Waals surface area contributed by atoms with Gasteiger partial charge in [-0.15, -0.1) is 0 Å². The van der Waals surface area contributed by atoms with Crippen LogP contribution in [0.15, 0.2) is 24.5 Å². The molecule has 5 heteroatoms. The summed E-state index contributed by atoms with van der Waals surface area (Å²) < 4.78 is 5.37. The third-order valence-electron chi connectivity index (χ3n) is 3.95. The number of nitrogens with one attached hydrogen (secondary N) is 1. The largest absolute Gasteiger partial charge is 0.379 e. The number of pyridine rings is 1. The van der Waals surface area contributed by atoms with Crippen LogP contribution in [-0.2, 0) is 16.0 Å². The molecule has 2 rings (SSSR count). The Bertz CT molecular complexity index is 442. The molecule has 5 nitrogen and oxygen atoms in total. The number of aromatic nitrogens is 1. The van der Waals surface area contributed by atoms with Gasteiger partial charge in [-0.2, -0.15) is 0 Å². The van der Waals surface area contributed by atoms with E-state index in [0.29, 0.717) is 13.0 Å². The molecule has 1 fully saturated rings. The number of carbonyl (C=O) groups excluding carboxylic acids is 1. The molecule has 0 unspecified atom stereocenters. The van der Waals surface area contributed by atoms with Crippen molar-refractivity contribution >= 4 is 5.91 Å². The Morgan fingerprint density at radius 2 is 2.19 bits per heavy atom. The van der Waals surface area contributed by atoms with E-state index in [-0.39, 0.29) is 11.4 Å². The number of nitrogens with zero attached hydrogens (tertiary/aromatic N) is 2. The molecular weight excluding hydrogens is 266 g/mol. The van der Waals surface area contributed by atoms with Crippen molar-refractivity contribution in [1.82, 2.24) is 15.2 Å². The first kappa shape index (κ1) is 15.9. The molecule has 116 valence electrons. The van der Waals surface area contributed by atoms with Gasteiger partial charge in [-0.3, -0.25) is 14.7 Å². The molecule has 0 bridgehead atoms. The van der Waals surface area contributed by atoms with Crippen LogP contribution >= 0.6 is 0 Å². The van der Waals surface area contributed by atoms with Crippen LogP contribution in [0.4, 0.5) is 0 Å². The van der Waals surface area contributed by atoms with Gasteiger partial charge in [0.25, 0.3) is 0 Å². The van der Waals surface area contributed by atoms with Crippen LogP contribution in [0.5, 0.6) is 0 Å². The van der Waals surface area contributed by atoms with Gasteiger partial charge in [0.1, 0.15) is 0 Å². The van der Waals surface area contributed by atoms with E-state index in [4.69, 9.17) is 4.74 Å². The van der Waals surface area contributed by atoms with Gasteiger partial charge in [0.15, 0.2) is 0 Å². The number of rotatable bonds is 6. The van der Waals surface area contributed by atoms with Crippen molar-refractivity contribution in [2.75, 3.05) is 32.8 Å². The van der Waals surface area contributed by atoms with Gasteiger partial charge in [-0.25, -0.2) is 0 Å². The fourth-order valence-electron chi connectivity index (χ4n) is 2.49. The van der Waals surface area contributed by atoms with Crippen molar-refractivity contribution in [1.29, 1.82) is 0 Å². The smallest absolute Gasteiger partial charge is 0.220 e. The Morgan fingerprint density at radius 3 is 2.86 bits per heavy atom. The van der Waals surface area contributed by atoms with Crippen molar-refractivity contribution in [2.45, 2.75) is 32.2 Å². The molecule has 1 N–H and O–H groups in total. The minimum atomic E-state index is -0.0340. The monoisotopic (exact) mass is 291 g/mol. The van der Waals surface area contributed by atoms with Gasteiger partial charge in [0.2, 0.25) is 5.91 Å². The second-order valence-electron chi connectivity index (χ2n) is 6.05. The fourth-order valence-corrected chi connectivity index (χ4v) is 2.49. The maximum absolute atomic E-state index is 12.0. The summed E-state index contributed by atoms with van der Waals surface area (Å²) in [5.41, 5.74) is 1.06. The second-order valence-corrected chi connectivity index (χ2v) is 6.05. The number of ether oxygens (including phenoxy) is 1. The lowest BCUT2D eigenvalue weighted by Crippen LogP contribution is -2.55. The molecule has 0 spiro atoms. The Hall–Kier alpha value is -1.46. The summed E-state index contributed by atoms with van der Waals surface area (Å²) in [6.45, 7) is 8.41. The molecule has 1 aliphatic heterocycles. The summed E-state index contributed by atoms with van der Waals surface area (Å²) in [4.78, 5) is 18.4. The van der Waals surface area contributed by atoms with Crippen LogP contribution in [0.25, 0.3) is 0 Å². The van der Waals surface area contributed by atoms with Crippen LogP contribution in [0.2, 0.25) is 0 Å². The minimum absolute atomic E-state index is 0.0340. The highest BCUT2D eigenvalue weighted by atomic mass is 16.5.